The van der Waals surface area contributed by atoms with Crippen LogP contribution in [-0.4, -0.2) is 10.8 Å². The molecule has 3 unspecified atom stereocenters. The van der Waals surface area contributed by atoms with Gasteiger partial charge in [-0.3, -0.25) is 0 Å². The third-order valence-corrected chi connectivity index (χ3v) is 3.05. The summed E-state index contributed by atoms with van der Waals surface area (Å²) in [6.07, 6.45) is 3.28. The van der Waals surface area contributed by atoms with Crippen molar-refractivity contribution < 1.29 is 0 Å². The predicted molar refractivity (Wildman–Crippen MR) is 42.3 cm³/mol. The first-order valence-electron chi connectivity index (χ1n) is 3.48. The van der Waals surface area contributed by atoms with Gasteiger partial charge in [0.15, 0.2) is 0 Å². The molecule has 0 bridgehead atoms. The number of alkyl halides is 2. The lowest BCUT2D eigenvalue weighted by Crippen LogP contribution is -2.23. The highest BCUT2D eigenvalue weighted by atomic mass is 35.5. The minimum absolute atomic E-state index is 0.375. The molecule has 0 saturated heterocycles. The maximum absolute atomic E-state index is 5.97. The Hall–Kier alpha value is 0.580. The molecule has 0 N–H and O–H groups in total. The molecule has 1 aliphatic rings. The molecule has 1 rings (SSSR count). The second kappa shape index (κ2) is 3.12. The summed E-state index contributed by atoms with van der Waals surface area (Å²) in [7, 11) is 0. The Morgan fingerprint density at radius 1 is 1.22 bits per heavy atom. The Balaban J connectivity index is 2.35. The van der Waals surface area contributed by atoms with Gasteiger partial charge in [0.05, 0.1) is 0 Å². The zero-order chi connectivity index (χ0) is 6.85. The molecular formula is C7H12Cl2. The third-order valence-electron chi connectivity index (χ3n) is 2.00. The van der Waals surface area contributed by atoms with Gasteiger partial charge in [0.25, 0.3) is 0 Å². The molecule has 0 aromatic rings. The van der Waals surface area contributed by atoms with Crippen LogP contribution in [0.5, 0.6) is 0 Å². The zero-order valence-corrected chi connectivity index (χ0v) is 7.12. The topological polar surface area (TPSA) is 0 Å². The quantitative estimate of drug-likeness (QED) is 0.486. The lowest BCUT2D eigenvalue weighted by atomic mass is 9.90. The van der Waals surface area contributed by atoms with Crippen LogP contribution in [0.3, 0.4) is 0 Å². The van der Waals surface area contributed by atoms with E-state index in [0.29, 0.717) is 16.7 Å². The lowest BCUT2D eigenvalue weighted by molar-refractivity contribution is 0.398. The largest absolute Gasteiger partial charge is 0.123 e. The molecule has 0 aromatic heterocycles. The second-order valence-electron chi connectivity index (χ2n) is 2.90. The van der Waals surface area contributed by atoms with Gasteiger partial charge in [0.2, 0.25) is 0 Å². The van der Waals surface area contributed by atoms with Gasteiger partial charge >= 0.3 is 0 Å². The van der Waals surface area contributed by atoms with Crippen LogP contribution < -0.4 is 0 Å². The zero-order valence-electron chi connectivity index (χ0n) is 5.61. The van der Waals surface area contributed by atoms with Crippen LogP contribution in [0.1, 0.15) is 26.2 Å². The lowest BCUT2D eigenvalue weighted by Gasteiger charge is -2.26. The first-order chi connectivity index (χ1) is 4.20. The van der Waals surface area contributed by atoms with Crippen LogP contribution in [0.25, 0.3) is 0 Å². The fourth-order valence-corrected chi connectivity index (χ4v) is 1.93. The maximum Gasteiger partial charge on any atom is 0.0362 e. The molecule has 1 aliphatic carbocycles. The molecule has 1 saturated carbocycles. The predicted octanol–water partition coefficient (Wildman–Crippen LogP) is 3.02. The molecule has 0 aliphatic heterocycles. The van der Waals surface area contributed by atoms with E-state index in [1.807, 2.05) is 0 Å². The molecule has 0 radical (unpaired) electrons. The Labute approximate surface area is 66.5 Å². The van der Waals surface area contributed by atoms with Crippen LogP contribution in [0.15, 0.2) is 0 Å². The Morgan fingerprint density at radius 3 is 2.33 bits per heavy atom. The average molecular weight is 167 g/mol. The van der Waals surface area contributed by atoms with Crippen molar-refractivity contribution in [3.05, 3.63) is 0 Å². The van der Waals surface area contributed by atoms with E-state index < -0.39 is 0 Å². The summed E-state index contributed by atoms with van der Waals surface area (Å²) in [4.78, 5) is 0. The fourth-order valence-electron chi connectivity index (χ4n) is 1.29. The van der Waals surface area contributed by atoms with Gasteiger partial charge in [-0.15, -0.1) is 23.2 Å². The highest BCUT2D eigenvalue weighted by Gasteiger charge is 2.24. The number of rotatable bonds is 0. The smallest absolute Gasteiger partial charge is 0.0362 e. The molecule has 1 fully saturated rings. The van der Waals surface area contributed by atoms with E-state index in [4.69, 9.17) is 23.2 Å². The highest BCUT2D eigenvalue weighted by molar-refractivity contribution is 6.22. The molecule has 3 atom stereocenters. The molecule has 0 heterocycles. The molecule has 2 heteroatoms. The standard InChI is InChI=1S/C7H12Cl2/c1-5-4-6(8)2-3-7(5)9/h5-7H,2-4H2,1H3. The van der Waals surface area contributed by atoms with Gasteiger partial charge in [0.1, 0.15) is 0 Å². The Kier molecular flexibility index (Phi) is 2.66. The van der Waals surface area contributed by atoms with E-state index in [-0.39, 0.29) is 0 Å². The fraction of sp³-hybridized carbons (Fsp3) is 1.00. The van der Waals surface area contributed by atoms with Crippen molar-refractivity contribution in [2.45, 2.75) is 36.9 Å². The summed E-state index contributed by atoms with van der Waals surface area (Å²) in [5.74, 6) is 0.614. The SMILES string of the molecule is CC1CC(Cl)CCC1Cl. The number of hydrogen-bond acceptors (Lipinski definition) is 0. The molecular weight excluding hydrogens is 155 g/mol. The summed E-state index contributed by atoms with van der Waals surface area (Å²) in [5, 5.41) is 0.759. The Bertz CT molecular complexity index is 92.9. The van der Waals surface area contributed by atoms with Crippen molar-refractivity contribution in [3.63, 3.8) is 0 Å². The molecule has 54 valence electrons. The normalized spacial score (nSPS) is 45.0. The van der Waals surface area contributed by atoms with Gasteiger partial charge in [-0.25, -0.2) is 0 Å². The van der Waals surface area contributed by atoms with E-state index >= 15 is 0 Å². The summed E-state index contributed by atoms with van der Waals surface area (Å²) in [6.45, 7) is 2.17. The highest BCUT2D eigenvalue weighted by Crippen LogP contribution is 2.30. The second-order valence-corrected chi connectivity index (χ2v) is 4.08. The first kappa shape index (κ1) is 7.68. The minimum atomic E-state index is 0.375. The van der Waals surface area contributed by atoms with Crippen LogP contribution in [-0.2, 0) is 0 Å². The summed E-state index contributed by atoms with van der Waals surface area (Å²) >= 11 is 11.9. The van der Waals surface area contributed by atoms with Gasteiger partial charge in [0, 0.05) is 10.8 Å². The average Bonchev–Trinajstić information content (AvgIpc) is 1.80. The monoisotopic (exact) mass is 166 g/mol. The van der Waals surface area contributed by atoms with Crippen molar-refractivity contribution in [2.75, 3.05) is 0 Å². The van der Waals surface area contributed by atoms with E-state index in [1.165, 1.54) is 0 Å². The maximum atomic E-state index is 5.97. The van der Waals surface area contributed by atoms with Crippen molar-refractivity contribution in [1.29, 1.82) is 0 Å². The van der Waals surface area contributed by atoms with Crippen LogP contribution in [0.2, 0.25) is 0 Å². The first-order valence-corrected chi connectivity index (χ1v) is 4.35. The van der Waals surface area contributed by atoms with E-state index in [0.717, 1.165) is 19.3 Å². The van der Waals surface area contributed by atoms with Crippen molar-refractivity contribution in [3.8, 4) is 0 Å². The minimum Gasteiger partial charge on any atom is -0.123 e. The summed E-state index contributed by atoms with van der Waals surface area (Å²) < 4.78 is 0. The number of hydrogen-bond donors (Lipinski definition) is 0. The van der Waals surface area contributed by atoms with Gasteiger partial charge in [-0.05, 0) is 25.2 Å². The van der Waals surface area contributed by atoms with E-state index in [2.05, 4.69) is 6.92 Å². The van der Waals surface area contributed by atoms with Gasteiger partial charge < -0.3 is 0 Å². The third kappa shape index (κ3) is 2.01. The molecule has 0 spiro atoms. The molecule has 0 aromatic carbocycles. The van der Waals surface area contributed by atoms with Crippen molar-refractivity contribution in [1.82, 2.24) is 0 Å². The Morgan fingerprint density at radius 2 is 1.89 bits per heavy atom. The van der Waals surface area contributed by atoms with Crippen molar-refractivity contribution in [2.24, 2.45) is 5.92 Å². The van der Waals surface area contributed by atoms with Crippen molar-refractivity contribution >= 4 is 23.2 Å². The summed E-state index contributed by atoms with van der Waals surface area (Å²) in [6, 6.07) is 0. The van der Waals surface area contributed by atoms with Crippen LogP contribution in [0, 0.1) is 5.92 Å². The molecule has 0 amide bonds. The van der Waals surface area contributed by atoms with E-state index in [9.17, 15) is 0 Å². The number of halogens is 2. The van der Waals surface area contributed by atoms with Gasteiger partial charge in [-0.2, -0.15) is 0 Å². The summed E-state index contributed by atoms with van der Waals surface area (Å²) in [5.41, 5.74) is 0. The molecule has 0 nitrogen and oxygen atoms in total. The van der Waals surface area contributed by atoms with E-state index in [1.54, 1.807) is 0 Å². The molecule has 9 heavy (non-hydrogen) atoms. The van der Waals surface area contributed by atoms with Crippen LogP contribution >= 0.6 is 23.2 Å². The van der Waals surface area contributed by atoms with Gasteiger partial charge in [-0.1, -0.05) is 6.92 Å². The van der Waals surface area contributed by atoms with Crippen LogP contribution in [0.4, 0.5) is 0 Å².